The molecule has 1 amide bonds. The average Bonchev–Trinajstić information content (AvgIpc) is 2.68. The van der Waals surface area contributed by atoms with Crippen molar-refractivity contribution >= 4 is 33.1 Å². The summed E-state index contributed by atoms with van der Waals surface area (Å²) < 4.78 is 27.4. The molecule has 0 fully saturated rings. The van der Waals surface area contributed by atoms with Crippen LogP contribution >= 0.6 is 0 Å². The van der Waals surface area contributed by atoms with Crippen molar-refractivity contribution < 1.29 is 18.0 Å². The highest BCUT2D eigenvalue weighted by Gasteiger charge is 2.16. The lowest BCUT2D eigenvalue weighted by Crippen LogP contribution is -2.13. The van der Waals surface area contributed by atoms with Gasteiger partial charge in [0.05, 0.1) is 4.90 Å². The van der Waals surface area contributed by atoms with Crippen LogP contribution in [-0.4, -0.2) is 20.1 Å². The van der Waals surface area contributed by atoms with Gasteiger partial charge in [0.2, 0.25) is 5.91 Å². The molecule has 0 bridgehead atoms. The summed E-state index contributed by atoms with van der Waals surface area (Å²) in [5.41, 5.74) is 1.86. The molecule has 0 heterocycles. The highest BCUT2D eigenvalue weighted by molar-refractivity contribution is 7.92. The zero-order valence-corrected chi connectivity index (χ0v) is 15.9. The largest absolute Gasteiger partial charge is 0.326 e. The number of amides is 1. The van der Waals surface area contributed by atoms with Crippen molar-refractivity contribution in [3.63, 3.8) is 0 Å². The molecule has 0 spiro atoms. The standard InChI is InChI=1S/C21H18N2O4S/c1-15(24)22-18-11-7-16(8-12-18)21(25)17-9-13-20(14-10-17)28(26,27)23-19-5-3-2-4-6-19/h2-14,23H,1H3,(H,22,24). The number of benzene rings is 3. The molecule has 0 aliphatic heterocycles. The maximum atomic E-state index is 12.6. The van der Waals surface area contributed by atoms with Gasteiger partial charge in [-0.05, 0) is 60.7 Å². The molecule has 0 aliphatic rings. The van der Waals surface area contributed by atoms with E-state index in [-0.39, 0.29) is 16.6 Å². The van der Waals surface area contributed by atoms with Gasteiger partial charge >= 0.3 is 0 Å². The minimum atomic E-state index is -3.74. The van der Waals surface area contributed by atoms with Crippen molar-refractivity contribution in [3.05, 3.63) is 90.0 Å². The van der Waals surface area contributed by atoms with Crippen LogP contribution < -0.4 is 10.0 Å². The molecule has 3 aromatic rings. The topological polar surface area (TPSA) is 92.3 Å². The van der Waals surface area contributed by atoms with Gasteiger partial charge in [-0.2, -0.15) is 0 Å². The first-order valence-corrected chi connectivity index (χ1v) is 9.94. The van der Waals surface area contributed by atoms with Gasteiger partial charge in [0.15, 0.2) is 5.78 Å². The van der Waals surface area contributed by atoms with Gasteiger partial charge < -0.3 is 5.32 Å². The van der Waals surface area contributed by atoms with E-state index < -0.39 is 10.0 Å². The van der Waals surface area contributed by atoms with E-state index in [1.807, 2.05) is 0 Å². The van der Waals surface area contributed by atoms with Crippen LogP contribution in [0.5, 0.6) is 0 Å². The van der Waals surface area contributed by atoms with Gasteiger partial charge in [-0.3, -0.25) is 14.3 Å². The van der Waals surface area contributed by atoms with Crippen LogP contribution in [0.4, 0.5) is 11.4 Å². The lowest BCUT2D eigenvalue weighted by molar-refractivity contribution is -0.114. The number of nitrogens with one attached hydrogen (secondary N) is 2. The van der Waals surface area contributed by atoms with Crippen molar-refractivity contribution in [2.45, 2.75) is 11.8 Å². The van der Waals surface area contributed by atoms with Crippen LogP contribution in [-0.2, 0) is 14.8 Å². The van der Waals surface area contributed by atoms with E-state index in [9.17, 15) is 18.0 Å². The first kappa shape index (κ1) is 19.3. The fourth-order valence-corrected chi connectivity index (χ4v) is 3.64. The van der Waals surface area contributed by atoms with E-state index in [1.165, 1.54) is 31.2 Å². The Kier molecular flexibility index (Phi) is 5.56. The molecule has 0 aromatic heterocycles. The number of carbonyl (C=O) groups excluding carboxylic acids is 2. The Labute approximate surface area is 163 Å². The third kappa shape index (κ3) is 4.63. The highest BCUT2D eigenvalue weighted by Crippen LogP contribution is 2.18. The lowest BCUT2D eigenvalue weighted by atomic mass is 10.0. The van der Waals surface area contributed by atoms with Gasteiger partial charge in [0.25, 0.3) is 10.0 Å². The molecule has 7 heteroatoms. The van der Waals surface area contributed by atoms with E-state index in [4.69, 9.17) is 0 Å². The fraction of sp³-hybridized carbons (Fsp3) is 0.0476. The summed E-state index contributed by atoms with van der Waals surface area (Å²) in [6.45, 7) is 1.40. The van der Waals surface area contributed by atoms with Crippen LogP contribution in [0.2, 0.25) is 0 Å². The molecule has 28 heavy (non-hydrogen) atoms. The number of hydrogen-bond acceptors (Lipinski definition) is 4. The number of para-hydroxylation sites is 1. The SMILES string of the molecule is CC(=O)Nc1ccc(C(=O)c2ccc(S(=O)(=O)Nc3ccccc3)cc2)cc1. The number of anilines is 2. The van der Waals surface area contributed by atoms with Crippen LogP contribution in [0.1, 0.15) is 22.8 Å². The Hall–Kier alpha value is -3.45. The van der Waals surface area contributed by atoms with Gasteiger partial charge in [0.1, 0.15) is 0 Å². The van der Waals surface area contributed by atoms with E-state index in [1.54, 1.807) is 54.6 Å². The van der Waals surface area contributed by atoms with Crippen molar-refractivity contribution in [2.24, 2.45) is 0 Å². The van der Waals surface area contributed by atoms with Crippen molar-refractivity contribution in [1.29, 1.82) is 0 Å². The second-order valence-electron chi connectivity index (χ2n) is 6.08. The van der Waals surface area contributed by atoms with Crippen molar-refractivity contribution in [1.82, 2.24) is 0 Å². The number of carbonyl (C=O) groups is 2. The molecule has 3 aromatic carbocycles. The first-order chi connectivity index (χ1) is 13.3. The second kappa shape index (κ2) is 8.06. The van der Waals surface area contributed by atoms with Gasteiger partial charge in [-0.25, -0.2) is 8.42 Å². The molecule has 0 radical (unpaired) electrons. The Morgan fingerprint density at radius 1 is 0.714 bits per heavy atom. The van der Waals surface area contributed by atoms with Gasteiger partial charge in [-0.15, -0.1) is 0 Å². The normalized spacial score (nSPS) is 10.9. The van der Waals surface area contributed by atoms with E-state index in [0.29, 0.717) is 22.5 Å². The monoisotopic (exact) mass is 394 g/mol. The van der Waals surface area contributed by atoms with E-state index in [2.05, 4.69) is 10.0 Å². The third-order valence-electron chi connectivity index (χ3n) is 3.92. The summed E-state index contributed by atoms with van der Waals surface area (Å²) in [5, 5.41) is 2.63. The molecular formula is C21H18N2O4S. The summed E-state index contributed by atoms with van der Waals surface area (Å²) in [5.74, 6) is -0.436. The smallest absolute Gasteiger partial charge is 0.261 e. The molecule has 2 N–H and O–H groups in total. The maximum Gasteiger partial charge on any atom is 0.261 e. The number of hydrogen-bond donors (Lipinski definition) is 2. The summed E-state index contributed by atoms with van der Waals surface area (Å²) >= 11 is 0. The molecule has 0 unspecified atom stereocenters. The van der Waals surface area contributed by atoms with Crippen LogP contribution in [0.15, 0.2) is 83.8 Å². The van der Waals surface area contributed by atoms with E-state index in [0.717, 1.165) is 0 Å². The molecule has 142 valence electrons. The highest BCUT2D eigenvalue weighted by atomic mass is 32.2. The Bertz CT molecular complexity index is 1090. The van der Waals surface area contributed by atoms with Crippen LogP contribution in [0.3, 0.4) is 0 Å². The average molecular weight is 394 g/mol. The zero-order chi connectivity index (χ0) is 20.1. The predicted octanol–water partition coefficient (Wildman–Crippen LogP) is 3.68. The first-order valence-electron chi connectivity index (χ1n) is 8.45. The quantitative estimate of drug-likeness (QED) is 0.624. The molecular weight excluding hydrogens is 376 g/mol. The molecule has 0 aliphatic carbocycles. The molecule has 0 saturated heterocycles. The molecule has 6 nitrogen and oxygen atoms in total. The Balaban J connectivity index is 1.76. The molecule has 0 saturated carbocycles. The lowest BCUT2D eigenvalue weighted by Gasteiger charge is -2.09. The van der Waals surface area contributed by atoms with E-state index >= 15 is 0 Å². The molecule has 0 atom stereocenters. The third-order valence-corrected chi connectivity index (χ3v) is 5.32. The fourth-order valence-electron chi connectivity index (χ4n) is 2.58. The summed E-state index contributed by atoms with van der Waals surface area (Å²) in [6.07, 6.45) is 0. The van der Waals surface area contributed by atoms with Crippen molar-refractivity contribution in [3.8, 4) is 0 Å². The number of sulfonamides is 1. The van der Waals surface area contributed by atoms with Gasteiger partial charge in [-0.1, -0.05) is 18.2 Å². The minimum Gasteiger partial charge on any atom is -0.326 e. The van der Waals surface area contributed by atoms with Crippen LogP contribution in [0.25, 0.3) is 0 Å². The van der Waals surface area contributed by atoms with Crippen molar-refractivity contribution in [2.75, 3.05) is 10.0 Å². The Morgan fingerprint density at radius 3 is 1.79 bits per heavy atom. The second-order valence-corrected chi connectivity index (χ2v) is 7.77. The number of rotatable bonds is 6. The summed E-state index contributed by atoms with van der Waals surface area (Å²) in [7, 11) is -3.74. The summed E-state index contributed by atoms with van der Waals surface area (Å²) in [6, 6.07) is 20.8. The summed E-state index contributed by atoms with van der Waals surface area (Å²) in [4.78, 5) is 23.7. The number of ketones is 1. The van der Waals surface area contributed by atoms with Crippen LogP contribution in [0, 0.1) is 0 Å². The molecule has 3 rings (SSSR count). The minimum absolute atomic E-state index is 0.0638. The maximum absolute atomic E-state index is 12.6. The van der Waals surface area contributed by atoms with Gasteiger partial charge in [0, 0.05) is 29.4 Å². The predicted molar refractivity (Wildman–Crippen MR) is 108 cm³/mol. The zero-order valence-electron chi connectivity index (χ0n) is 15.0. The Morgan fingerprint density at radius 2 is 1.25 bits per heavy atom.